The van der Waals surface area contributed by atoms with E-state index in [4.69, 9.17) is 0 Å². The summed E-state index contributed by atoms with van der Waals surface area (Å²) < 4.78 is 124. The van der Waals surface area contributed by atoms with Crippen molar-refractivity contribution in [1.29, 1.82) is 0 Å². The van der Waals surface area contributed by atoms with Crippen molar-refractivity contribution in [2.45, 2.75) is 53.5 Å². The molecular weight excluding hydrogens is 459 g/mol. The second kappa shape index (κ2) is 7.06. The van der Waals surface area contributed by atoms with E-state index in [0.717, 1.165) is 12.1 Å². The molecule has 1 nitrogen and oxygen atoms in total. The maximum atomic E-state index is 14.6. The van der Waals surface area contributed by atoms with E-state index in [2.05, 4.69) is 0 Å². The van der Waals surface area contributed by atoms with Crippen molar-refractivity contribution >= 4 is 11.8 Å². The van der Waals surface area contributed by atoms with Crippen molar-refractivity contribution in [3.63, 3.8) is 0 Å². The first-order chi connectivity index (χ1) is 14.2. The van der Waals surface area contributed by atoms with Gasteiger partial charge < -0.3 is 5.11 Å². The fourth-order valence-electron chi connectivity index (χ4n) is 4.40. The number of alkyl halides is 7. The van der Waals surface area contributed by atoms with Gasteiger partial charge in [-0.2, -0.15) is 13.2 Å². The molecule has 0 spiro atoms. The molecule has 4 rings (SSSR count). The lowest BCUT2D eigenvalue weighted by atomic mass is 9.75. The Morgan fingerprint density at radius 1 is 1.00 bits per heavy atom. The highest BCUT2D eigenvalue weighted by Crippen LogP contribution is 2.55. The van der Waals surface area contributed by atoms with E-state index >= 15 is 0 Å². The van der Waals surface area contributed by atoms with Gasteiger partial charge in [-0.15, -0.1) is 0 Å². The predicted octanol–water partition coefficient (Wildman–Crippen LogP) is 6.82. The van der Waals surface area contributed by atoms with Crippen LogP contribution in [0, 0.1) is 11.6 Å². The summed E-state index contributed by atoms with van der Waals surface area (Å²) in [6.45, 7) is 0. The lowest BCUT2D eigenvalue weighted by Gasteiger charge is -2.33. The third kappa shape index (κ3) is 3.79. The average Bonchev–Trinajstić information content (AvgIpc) is 2.85. The second-order valence-corrected chi connectivity index (χ2v) is 8.68. The fraction of sp³-hybridized carbons (Fsp3) is 0.400. The standard InChI is InChI=1S/C20H13F9OS/c21-8-5-12-15(13(22)6-8)10(3-4-18(12,23)24)9-1-2-14(31-20(27,28)29)16-11(9)7-19(25,26)17(16)30/h1-2,5-6,10,17,30H,3-4,7H2/t10-,17-/m0/s1. The molecule has 0 bridgehead atoms. The van der Waals surface area contributed by atoms with Crippen LogP contribution in [0.1, 0.15) is 52.7 Å². The van der Waals surface area contributed by atoms with E-state index in [1.54, 1.807) is 0 Å². The zero-order valence-corrected chi connectivity index (χ0v) is 16.2. The van der Waals surface area contributed by atoms with Crippen LogP contribution in [-0.4, -0.2) is 16.5 Å². The molecule has 2 aromatic carbocycles. The molecule has 2 atom stereocenters. The third-order valence-corrected chi connectivity index (χ3v) is 6.43. The van der Waals surface area contributed by atoms with Gasteiger partial charge in [0.2, 0.25) is 0 Å². The van der Waals surface area contributed by atoms with Gasteiger partial charge in [-0.3, -0.25) is 0 Å². The number of aliphatic hydroxyl groups is 1. The van der Waals surface area contributed by atoms with Crippen LogP contribution in [0.25, 0.3) is 0 Å². The molecular formula is C20H13F9OS. The highest BCUT2D eigenvalue weighted by molar-refractivity contribution is 8.00. The van der Waals surface area contributed by atoms with Crippen molar-refractivity contribution in [3.05, 3.63) is 63.7 Å². The number of thioether (sulfide) groups is 1. The molecule has 1 N–H and O–H groups in total. The van der Waals surface area contributed by atoms with Gasteiger partial charge in [0.25, 0.3) is 11.8 Å². The van der Waals surface area contributed by atoms with Gasteiger partial charge in [0.1, 0.15) is 17.7 Å². The first-order valence-electron chi connectivity index (χ1n) is 9.06. The van der Waals surface area contributed by atoms with E-state index in [-0.39, 0.29) is 11.1 Å². The van der Waals surface area contributed by atoms with Gasteiger partial charge in [-0.1, -0.05) is 6.07 Å². The summed E-state index contributed by atoms with van der Waals surface area (Å²) in [5.41, 5.74) is -7.39. The number of benzene rings is 2. The minimum absolute atomic E-state index is 0.0833. The number of aliphatic hydroxyl groups excluding tert-OH is 1. The summed E-state index contributed by atoms with van der Waals surface area (Å²) in [6.07, 6.45) is -4.89. The SMILES string of the molecule is O[C@H]1c2c(SC(F)(F)F)ccc([C@@H]3CCC(F)(F)c4cc(F)cc(F)c43)c2CC1(F)F. The van der Waals surface area contributed by atoms with Crippen LogP contribution in [0.15, 0.2) is 29.2 Å². The zero-order valence-electron chi connectivity index (χ0n) is 15.3. The lowest BCUT2D eigenvalue weighted by Crippen LogP contribution is -2.26. The number of halogens is 9. The highest BCUT2D eigenvalue weighted by Gasteiger charge is 2.51. The Kier molecular flexibility index (Phi) is 5.08. The summed E-state index contributed by atoms with van der Waals surface area (Å²) in [7, 11) is 0. The van der Waals surface area contributed by atoms with Gasteiger partial charge in [-0.05, 0) is 41.4 Å². The van der Waals surface area contributed by atoms with Gasteiger partial charge >= 0.3 is 5.51 Å². The normalized spacial score (nSPS) is 24.1. The number of rotatable bonds is 2. The van der Waals surface area contributed by atoms with Gasteiger partial charge in [0.15, 0.2) is 0 Å². The first-order valence-corrected chi connectivity index (χ1v) is 9.87. The van der Waals surface area contributed by atoms with Gasteiger partial charge in [-0.25, -0.2) is 26.3 Å². The maximum Gasteiger partial charge on any atom is 0.446 e. The summed E-state index contributed by atoms with van der Waals surface area (Å²) >= 11 is -0.681. The topological polar surface area (TPSA) is 20.2 Å². The van der Waals surface area contributed by atoms with E-state index in [0.29, 0.717) is 12.1 Å². The molecule has 0 saturated carbocycles. The van der Waals surface area contributed by atoms with Crippen LogP contribution >= 0.6 is 11.8 Å². The Morgan fingerprint density at radius 3 is 2.32 bits per heavy atom. The van der Waals surface area contributed by atoms with E-state index < -0.39 is 93.6 Å². The molecule has 168 valence electrons. The maximum absolute atomic E-state index is 14.6. The third-order valence-electron chi connectivity index (χ3n) is 5.62. The molecule has 2 aromatic rings. The van der Waals surface area contributed by atoms with E-state index in [1.807, 2.05) is 0 Å². The summed E-state index contributed by atoms with van der Waals surface area (Å²) in [4.78, 5) is -0.642. The first kappa shape index (κ1) is 22.3. The van der Waals surface area contributed by atoms with Crippen LogP contribution in [-0.2, 0) is 12.3 Å². The molecule has 0 amide bonds. The Labute approximate surface area is 174 Å². The molecule has 0 saturated heterocycles. The van der Waals surface area contributed by atoms with Crippen LogP contribution in [0.3, 0.4) is 0 Å². The second-order valence-electron chi connectivity index (χ2n) is 7.58. The number of hydrogen-bond donors (Lipinski definition) is 1. The molecule has 0 fully saturated rings. The molecule has 2 aliphatic rings. The van der Waals surface area contributed by atoms with E-state index in [9.17, 15) is 44.6 Å². The van der Waals surface area contributed by atoms with Crippen LogP contribution in [0.2, 0.25) is 0 Å². The molecule has 0 aromatic heterocycles. The Balaban J connectivity index is 1.92. The van der Waals surface area contributed by atoms with Crippen LogP contribution < -0.4 is 0 Å². The molecule has 11 heteroatoms. The van der Waals surface area contributed by atoms with Crippen molar-refractivity contribution in [3.8, 4) is 0 Å². The van der Waals surface area contributed by atoms with Crippen molar-refractivity contribution in [2.24, 2.45) is 0 Å². The molecule has 0 aliphatic heterocycles. The highest BCUT2D eigenvalue weighted by atomic mass is 32.2. The monoisotopic (exact) mass is 472 g/mol. The van der Waals surface area contributed by atoms with Gasteiger partial charge in [0.05, 0.1) is 0 Å². The zero-order chi connectivity index (χ0) is 22.9. The predicted molar refractivity (Wildman–Crippen MR) is 93.3 cm³/mol. The quantitative estimate of drug-likeness (QED) is 0.383. The van der Waals surface area contributed by atoms with Crippen molar-refractivity contribution in [1.82, 2.24) is 0 Å². The Morgan fingerprint density at radius 2 is 1.68 bits per heavy atom. The summed E-state index contributed by atoms with van der Waals surface area (Å²) in [5.74, 6) is -11.1. The minimum Gasteiger partial charge on any atom is -0.382 e. The number of hydrogen-bond acceptors (Lipinski definition) is 2. The number of fused-ring (bicyclic) bond motifs is 2. The van der Waals surface area contributed by atoms with Gasteiger partial charge in [0, 0.05) is 46.4 Å². The van der Waals surface area contributed by atoms with Crippen LogP contribution in [0.5, 0.6) is 0 Å². The fourth-order valence-corrected chi connectivity index (χ4v) is 5.13. The average molecular weight is 472 g/mol. The lowest BCUT2D eigenvalue weighted by molar-refractivity contribution is -0.0977. The molecule has 0 unspecified atom stereocenters. The van der Waals surface area contributed by atoms with E-state index in [1.165, 1.54) is 0 Å². The summed E-state index contributed by atoms with van der Waals surface area (Å²) in [5, 5.41) is 10.0. The molecule has 0 heterocycles. The van der Waals surface area contributed by atoms with Crippen LogP contribution in [0.4, 0.5) is 39.5 Å². The molecule has 0 radical (unpaired) electrons. The largest absolute Gasteiger partial charge is 0.446 e. The smallest absolute Gasteiger partial charge is 0.382 e. The van der Waals surface area contributed by atoms with Crippen molar-refractivity contribution < 1.29 is 44.6 Å². The summed E-state index contributed by atoms with van der Waals surface area (Å²) in [6, 6.07) is 2.79. The minimum atomic E-state index is -4.82. The Hall–Kier alpha value is -1.88. The van der Waals surface area contributed by atoms with Crippen molar-refractivity contribution in [2.75, 3.05) is 0 Å². The molecule has 2 aliphatic carbocycles. The molecule has 31 heavy (non-hydrogen) atoms. The Bertz CT molecular complexity index is 1050.